The van der Waals surface area contributed by atoms with Crippen molar-refractivity contribution in [3.8, 4) is 6.07 Å². The minimum absolute atomic E-state index is 0.0448. The first kappa shape index (κ1) is 27.7. The van der Waals surface area contributed by atoms with Gasteiger partial charge in [-0.3, -0.25) is 14.4 Å². The molecule has 1 saturated carbocycles. The van der Waals surface area contributed by atoms with Crippen LogP contribution in [0.2, 0.25) is 0 Å². The number of nitriles is 1. The highest BCUT2D eigenvalue weighted by Crippen LogP contribution is 2.31. The second-order valence-electron chi connectivity index (χ2n) is 9.87. The number of rotatable bonds is 14. The summed E-state index contributed by atoms with van der Waals surface area (Å²) in [5.74, 6) is -0.519. The van der Waals surface area contributed by atoms with Crippen LogP contribution in [0.3, 0.4) is 0 Å². The summed E-state index contributed by atoms with van der Waals surface area (Å²) < 4.78 is 1.10. The van der Waals surface area contributed by atoms with E-state index >= 15 is 0 Å². The van der Waals surface area contributed by atoms with Crippen molar-refractivity contribution in [3.05, 3.63) is 40.9 Å². The predicted molar refractivity (Wildman–Crippen MR) is 144 cm³/mol. The SMILES string of the molecule is C=C(C#N)C(=O)CC[C@@H](NC(=O)[C@@H](CC(=O)CCC)Cc1nc2ccc(CC)cc2s1)C1CCCC1. The van der Waals surface area contributed by atoms with E-state index in [2.05, 4.69) is 31.0 Å². The summed E-state index contributed by atoms with van der Waals surface area (Å²) in [5.41, 5.74) is 2.13. The molecule has 1 aliphatic rings. The lowest BCUT2D eigenvalue weighted by molar-refractivity contribution is -0.130. The Hall–Kier alpha value is -2.85. The number of allylic oxidation sites excluding steroid dienone is 1. The third kappa shape index (κ3) is 7.57. The number of Topliss-reactive ketones (excluding diaryl/α,β-unsaturated/α-hetero) is 2. The Labute approximate surface area is 218 Å². The first-order chi connectivity index (χ1) is 17.3. The van der Waals surface area contributed by atoms with Crippen LogP contribution in [0.5, 0.6) is 0 Å². The molecule has 1 heterocycles. The maximum absolute atomic E-state index is 13.6. The van der Waals surface area contributed by atoms with Crippen molar-refractivity contribution in [2.75, 3.05) is 0 Å². The number of carbonyl (C=O) groups is 3. The van der Waals surface area contributed by atoms with Crippen LogP contribution in [-0.2, 0) is 27.2 Å². The number of thiazole rings is 1. The Kier molecular flexibility index (Phi) is 10.4. The van der Waals surface area contributed by atoms with Crippen molar-refractivity contribution in [3.63, 3.8) is 0 Å². The van der Waals surface area contributed by atoms with Gasteiger partial charge in [0.15, 0.2) is 5.78 Å². The molecule has 2 aromatic rings. The molecule has 0 unspecified atom stereocenters. The van der Waals surface area contributed by atoms with Gasteiger partial charge in [-0.05, 0) is 55.7 Å². The lowest BCUT2D eigenvalue weighted by Gasteiger charge is -2.27. The van der Waals surface area contributed by atoms with Gasteiger partial charge < -0.3 is 5.32 Å². The highest BCUT2D eigenvalue weighted by atomic mass is 32.1. The van der Waals surface area contributed by atoms with Gasteiger partial charge in [-0.1, -0.05) is 39.3 Å². The molecular weight excluding hydrogens is 470 g/mol. The summed E-state index contributed by atoms with van der Waals surface area (Å²) in [7, 11) is 0. The highest BCUT2D eigenvalue weighted by Gasteiger charge is 2.31. The fourth-order valence-electron chi connectivity index (χ4n) is 5.03. The van der Waals surface area contributed by atoms with E-state index in [0.717, 1.165) is 53.7 Å². The van der Waals surface area contributed by atoms with Crippen LogP contribution in [0.25, 0.3) is 10.2 Å². The molecule has 1 N–H and O–H groups in total. The summed E-state index contributed by atoms with van der Waals surface area (Å²) in [5, 5.41) is 13.0. The van der Waals surface area contributed by atoms with E-state index in [4.69, 9.17) is 10.2 Å². The second-order valence-corrected chi connectivity index (χ2v) is 11.0. The van der Waals surface area contributed by atoms with Gasteiger partial charge in [0.05, 0.1) is 26.7 Å². The summed E-state index contributed by atoms with van der Waals surface area (Å²) in [6.45, 7) is 7.61. The molecule has 36 heavy (non-hydrogen) atoms. The Bertz CT molecular complexity index is 1140. The van der Waals surface area contributed by atoms with E-state index in [1.807, 2.05) is 19.1 Å². The van der Waals surface area contributed by atoms with Crippen LogP contribution >= 0.6 is 11.3 Å². The van der Waals surface area contributed by atoms with Gasteiger partial charge in [-0.25, -0.2) is 4.98 Å². The Morgan fingerprint density at radius 3 is 2.64 bits per heavy atom. The number of ketones is 2. The van der Waals surface area contributed by atoms with Crippen LogP contribution in [0, 0.1) is 23.2 Å². The maximum Gasteiger partial charge on any atom is 0.224 e. The average molecular weight is 508 g/mol. The summed E-state index contributed by atoms with van der Waals surface area (Å²) in [6, 6.07) is 7.92. The molecular formula is C29H37N3O3S. The smallest absolute Gasteiger partial charge is 0.224 e. The second kappa shape index (κ2) is 13.5. The fraction of sp³-hybridized carbons (Fsp3) is 0.552. The monoisotopic (exact) mass is 507 g/mol. The summed E-state index contributed by atoms with van der Waals surface area (Å²) >= 11 is 1.59. The lowest BCUT2D eigenvalue weighted by atomic mass is 9.90. The van der Waals surface area contributed by atoms with Crippen molar-refractivity contribution in [2.24, 2.45) is 11.8 Å². The molecule has 0 aliphatic heterocycles. The zero-order chi connectivity index (χ0) is 26.1. The Morgan fingerprint density at radius 1 is 1.22 bits per heavy atom. The maximum atomic E-state index is 13.6. The van der Waals surface area contributed by atoms with E-state index in [0.29, 0.717) is 25.2 Å². The number of fused-ring (bicyclic) bond motifs is 1. The number of aromatic nitrogens is 1. The molecule has 0 radical (unpaired) electrons. The largest absolute Gasteiger partial charge is 0.353 e. The first-order valence-corrected chi connectivity index (χ1v) is 14.0. The van der Waals surface area contributed by atoms with E-state index < -0.39 is 5.92 Å². The van der Waals surface area contributed by atoms with Crippen molar-refractivity contribution in [1.29, 1.82) is 5.26 Å². The van der Waals surface area contributed by atoms with Gasteiger partial charge >= 0.3 is 0 Å². The van der Waals surface area contributed by atoms with Gasteiger partial charge in [0, 0.05) is 31.7 Å². The number of aryl methyl sites for hydroxylation is 1. The van der Waals surface area contributed by atoms with Gasteiger partial charge in [-0.15, -0.1) is 11.3 Å². The van der Waals surface area contributed by atoms with E-state index in [-0.39, 0.29) is 41.9 Å². The molecule has 7 heteroatoms. The van der Waals surface area contributed by atoms with Crippen LogP contribution in [-0.4, -0.2) is 28.5 Å². The molecule has 2 atom stereocenters. The third-order valence-corrected chi connectivity index (χ3v) is 8.19. The van der Waals surface area contributed by atoms with Gasteiger partial charge in [0.1, 0.15) is 11.9 Å². The zero-order valence-corrected chi connectivity index (χ0v) is 22.3. The molecule has 6 nitrogen and oxygen atoms in total. The fourth-order valence-corrected chi connectivity index (χ4v) is 6.14. The van der Waals surface area contributed by atoms with Crippen molar-refractivity contribution in [1.82, 2.24) is 10.3 Å². The topological polar surface area (TPSA) is 99.9 Å². The number of benzene rings is 1. The van der Waals surface area contributed by atoms with E-state index in [1.165, 1.54) is 5.56 Å². The molecule has 0 saturated heterocycles. The standard InChI is InChI=1S/C29H37N3O3S/c1-4-8-23(33)16-22(17-28-31-25-12-11-20(5-2)15-27(25)36-28)29(35)32-24(21-9-6-7-10-21)13-14-26(34)19(3)18-30/h11-12,15,21-22,24H,3-10,13-14,16-17H2,1-2H3,(H,32,35)/t22-,24+/m0/s1. The normalized spacial score (nSPS) is 15.4. The Morgan fingerprint density at radius 2 is 1.97 bits per heavy atom. The molecule has 1 fully saturated rings. The highest BCUT2D eigenvalue weighted by molar-refractivity contribution is 7.18. The molecule has 0 bridgehead atoms. The van der Waals surface area contributed by atoms with Gasteiger partial charge in [0.25, 0.3) is 0 Å². The molecule has 1 aromatic heterocycles. The van der Waals surface area contributed by atoms with E-state index in [9.17, 15) is 14.4 Å². The van der Waals surface area contributed by atoms with Crippen LogP contribution in [0.4, 0.5) is 0 Å². The predicted octanol–water partition coefficient (Wildman–Crippen LogP) is 5.88. The van der Waals surface area contributed by atoms with Crippen LogP contribution in [0.15, 0.2) is 30.4 Å². The van der Waals surface area contributed by atoms with Crippen molar-refractivity contribution >= 4 is 39.0 Å². The molecule has 1 aliphatic carbocycles. The number of amides is 1. The molecule has 1 amide bonds. The number of hydrogen-bond donors (Lipinski definition) is 1. The van der Waals surface area contributed by atoms with Crippen LogP contribution < -0.4 is 5.32 Å². The first-order valence-electron chi connectivity index (χ1n) is 13.2. The van der Waals surface area contributed by atoms with Crippen molar-refractivity contribution < 1.29 is 14.4 Å². The average Bonchev–Trinajstić information content (AvgIpc) is 3.54. The van der Waals surface area contributed by atoms with Crippen LogP contribution in [0.1, 0.15) is 82.2 Å². The lowest BCUT2D eigenvalue weighted by Crippen LogP contribution is -2.44. The number of nitrogens with one attached hydrogen (secondary N) is 1. The molecule has 3 rings (SSSR count). The number of nitrogens with zero attached hydrogens (tertiary/aromatic N) is 2. The molecule has 0 spiro atoms. The minimum atomic E-state index is -0.496. The van der Waals surface area contributed by atoms with E-state index in [1.54, 1.807) is 11.3 Å². The Balaban J connectivity index is 1.77. The number of hydrogen-bond acceptors (Lipinski definition) is 6. The molecule has 1 aromatic carbocycles. The summed E-state index contributed by atoms with van der Waals surface area (Å²) in [6.07, 6.45) is 7.68. The third-order valence-electron chi connectivity index (χ3n) is 7.15. The summed E-state index contributed by atoms with van der Waals surface area (Å²) in [4.78, 5) is 43.1. The molecule has 192 valence electrons. The zero-order valence-electron chi connectivity index (χ0n) is 21.5. The quantitative estimate of drug-likeness (QED) is 0.254. The van der Waals surface area contributed by atoms with Gasteiger partial charge in [0.2, 0.25) is 5.91 Å². The minimum Gasteiger partial charge on any atom is -0.353 e. The van der Waals surface area contributed by atoms with Crippen molar-refractivity contribution in [2.45, 2.75) is 90.5 Å². The van der Waals surface area contributed by atoms with Gasteiger partial charge in [-0.2, -0.15) is 5.26 Å². The number of carbonyl (C=O) groups excluding carboxylic acids is 3.